The van der Waals surface area contributed by atoms with Crippen molar-refractivity contribution in [2.24, 2.45) is 5.92 Å². The fraction of sp³-hybridized carbons (Fsp3) is 0.611. The quantitative estimate of drug-likeness (QED) is 0.809. The molecule has 140 valence electrons. The normalized spacial score (nSPS) is 25.4. The molecule has 0 aromatic carbocycles. The van der Waals surface area contributed by atoms with Crippen LogP contribution in [0.15, 0.2) is 16.5 Å². The molecule has 3 fully saturated rings. The number of furan rings is 1. The van der Waals surface area contributed by atoms with Crippen LogP contribution in [-0.4, -0.2) is 57.8 Å². The Labute approximate surface area is 156 Å². The molecule has 0 bridgehead atoms. The number of nitrogens with one attached hydrogen (secondary N) is 1. The van der Waals surface area contributed by atoms with Gasteiger partial charge in [-0.2, -0.15) is 11.8 Å². The van der Waals surface area contributed by atoms with Gasteiger partial charge in [0, 0.05) is 25.4 Å². The Balaban J connectivity index is 1.39. The first-order valence-electron chi connectivity index (χ1n) is 9.02. The van der Waals surface area contributed by atoms with Crippen molar-refractivity contribution in [2.75, 3.05) is 24.6 Å². The van der Waals surface area contributed by atoms with E-state index < -0.39 is 5.54 Å². The third-order valence-corrected chi connectivity index (χ3v) is 6.46. The molecule has 1 atom stereocenters. The number of imide groups is 1. The molecule has 1 unspecified atom stereocenters. The molecular formula is C18H23N3O4S. The second-order valence-electron chi connectivity index (χ2n) is 7.40. The van der Waals surface area contributed by atoms with Gasteiger partial charge < -0.3 is 14.6 Å². The van der Waals surface area contributed by atoms with Gasteiger partial charge in [-0.05, 0) is 43.4 Å². The van der Waals surface area contributed by atoms with Crippen LogP contribution in [0.2, 0.25) is 0 Å². The molecule has 3 saturated heterocycles. The van der Waals surface area contributed by atoms with Gasteiger partial charge in [0.2, 0.25) is 5.91 Å². The van der Waals surface area contributed by atoms with E-state index in [-0.39, 0.29) is 23.8 Å². The zero-order chi connectivity index (χ0) is 18.3. The Bertz CT molecular complexity index is 741. The van der Waals surface area contributed by atoms with E-state index in [1.807, 2.05) is 30.8 Å². The van der Waals surface area contributed by atoms with E-state index in [2.05, 4.69) is 5.32 Å². The molecular weight excluding hydrogens is 354 g/mol. The molecule has 8 heteroatoms. The summed E-state index contributed by atoms with van der Waals surface area (Å²) in [5, 5.41) is 2.92. The largest absolute Gasteiger partial charge is 0.464 e. The van der Waals surface area contributed by atoms with Crippen molar-refractivity contribution in [1.29, 1.82) is 0 Å². The Morgan fingerprint density at radius 1 is 1.27 bits per heavy atom. The number of amides is 4. The summed E-state index contributed by atoms with van der Waals surface area (Å²) in [6, 6.07) is 3.44. The number of carbonyl (C=O) groups excluding carboxylic acids is 3. The van der Waals surface area contributed by atoms with Gasteiger partial charge in [0.15, 0.2) is 0 Å². The molecule has 7 nitrogen and oxygen atoms in total. The number of nitrogens with zero attached hydrogens (tertiary/aromatic N) is 2. The lowest BCUT2D eigenvalue weighted by molar-refractivity contribution is -0.132. The smallest absolute Gasteiger partial charge is 0.325 e. The fourth-order valence-corrected chi connectivity index (χ4v) is 5.24. The van der Waals surface area contributed by atoms with Crippen LogP contribution in [0, 0.1) is 12.8 Å². The second-order valence-corrected chi connectivity index (χ2v) is 8.62. The van der Waals surface area contributed by atoms with Gasteiger partial charge >= 0.3 is 6.03 Å². The highest BCUT2D eigenvalue weighted by Gasteiger charge is 2.52. The number of hydrogen-bond acceptors (Lipinski definition) is 5. The van der Waals surface area contributed by atoms with E-state index in [1.54, 1.807) is 4.90 Å². The van der Waals surface area contributed by atoms with Gasteiger partial charge in [0.1, 0.15) is 17.1 Å². The zero-order valence-corrected chi connectivity index (χ0v) is 15.6. The molecule has 1 N–H and O–H groups in total. The lowest BCUT2D eigenvalue weighted by atomic mass is 9.92. The van der Waals surface area contributed by atoms with Crippen molar-refractivity contribution in [3.63, 3.8) is 0 Å². The number of aryl methyl sites for hydroxylation is 1. The SMILES string of the molecule is Cc1ccc(CN2CC(CN3C(=O)NC4(CCSCC4)C3=O)CC2=O)o1. The molecule has 3 aliphatic heterocycles. The summed E-state index contributed by atoms with van der Waals surface area (Å²) < 4.78 is 5.55. The monoisotopic (exact) mass is 377 g/mol. The summed E-state index contributed by atoms with van der Waals surface area (Å²) >= 11 is 1.81. The molecule has 1 aromatic heterocycles. The molecule has 0 saturated carbocycles. The highest BCUT2D eigenvalue weighted by molar-refractivity contribution is 7.99. The minimum absolute atomic E-state index is 0.0265. The first kappa shape index (κ1) is 17.5. The topological polar surface area (TPSA) is 82.9 Å². The number of likely N-dealkylation sites (tertiary alicyclic amines) is 1. The van der Waals surface area contributed by atoms with E-state index in [0.717, 1.165) is 23.0 Å². The van der Waals surface area contributed by atoms with Crippen molar-refractivity contribution >= 4 is 29.6 Å². The van der Waals surface area contributed by atoms with Crippen LogP contribution in [0.3, 0.4) is 0 Å². The average molecular weight is 377 g/mol. The minimum Gasteiger partial charge on any atom is -0.464 e. The van der Waals surface area contributed by atoms with Crippen molar-refractivity contribution in [3.05, 3.63) is 23.7 Å². The molecule has 4 heterocycles. The standard InChI is InChI=1S/C18H23N3O4S/c1-12-2-3-14(25-12)11-20-9-13(8-15(20)22)10-21-16(23)18(19-17(21)24)4-6-26-7-5-18/h2-3,13H,4-11H2,1H3,(H,19,24). The first-order chi connectivity index (χ1) is 12.5. The average Bonchev–Trinajstić information content (AvgIpc) is 3.24. The third-order valence-electron chi connectivity index (χ3n) is 5.47. The van der Waals surface area contributed by atoms with E-state index in [1.165, 1.54) is 4.90 Å². The molecule has 4 amide bonds. The van der Waals surface area contributed by atoms with E-state index in [9.17, 15) is 14.4 Å². The predicted molar refractivity (Wildman–Crippen MR) is 96.5 cm³/mol. The maximum Gasteiger partial charge on any atom is 0.325 e. The van der Waals surface area contributed by atoms with Gasteiger partial charge in [-0.1, -0.05) is 0 Å². The maximum absolute atomic E-state index is 12.9. The third kappa shape index (κ3) is 3.11. The zero-order valence-electron chi connectivity index (χ0n) is 14.8. The van der Waals surface area contributed by atoms with Gasteiger partial charge in [-0.3, -0.25) is 14.5 Å². The summed E-state index contributed by atoms with van der Waals surface area (Å²) in [6.07, 6.45) is 1.73. The second kappa shape index (κ2) is 6.64. The molecule has 1 aromatic rings. The van der Waals surface area contributed by atoms with Crippen LogP contribution in [0.5, 0.6) is 0 Å². The number of carbonyl (C=O) groups is 3. The number of hydrogen-bond donors (Lipinski definition) is 1. The highest BCUT2D eigenvalue weighted by atomic mass is 32.2. The van der Waals surface area contributed by atoms with Gasteiger partial charge in [-0.25, -0.2) is 4.79 Å². The Hall–Kier alpha value is -1.96. The summed E-state index contributed by atoms with van der Waals surface area (Å²) in [5.74, 6) is 3.25. The molecule has 1 spiro atoms. The van der Waals surface area contributed by atoms with Crippen LogP contribution < -0.4 is 5.32 Å². The lowest BCUT2D eigenvalue weighted by Crippen LogP contribution is -2.49. The predicted octanol–water partition coefficient (Wildman–Crippen LogP) is 1.75. The Kier molecular flexibility index (Phi) is 4.46. The van der Waals surface area contributed by atoms with Crippen LogP contribution in [0.4, 0.5) is 4.79 Å². The van der Waals surface area contributed by atoms with E-state index in [0.29, 0.717) is 38.9 Å². The fourth-order valence-electron chi connectivity index (χ4n) is 4.05. The summed E-state index contributed by atoms with van der Waals surface area (Å²) in [7, 11) is 0. The Morgan fingerprint density at radius 2 is 2.04 bits per heavy atom. The van der Waals surface area contributed by atoms with Gasteiger partial charge in [0.25, 0.3) is 5.91 Å². The van der Waals surface area contributed by atoms with Crippen molar-refractivity contribution in [2.45, 2.75) is 38.3 Å². The summed E-state index contributed by atoms with van der Waals surface area (Å²) in [5.41, 5.74) is -0.712. The van der Waals surface area contributed by atoms with Crippen LogP contribution >= 0.6 is 11.8 Å². The summed E-state index contributed by atoms with van der Waals surface area (Å²) in [6.45, 7) is 3.15. The van der Waals surface area contributed by atoms with Crippen LogP contribution in [-0.2, 0) is 16.1 Å². The first-order valence-corrected chi connectivity index (χ1v) is 10.2. The molecule has 0 aliphatic carbocycles. The van der Waals surface area contributed by atoms with Crippen molar-refractivity contribution < 1.29 is 18.8 Å². The molecule has 0 radical (unpaired) electrons. The van der Waals surface area contributed by atoms with E-state index in [4.69, 9.17) is 4.42 Å². The van der Waals surface area contributed by atoms with Gasteiger partial charge in [0.05, 0.1) is 6.54 Å². The number of urea groups is 1. The number of rotatable bonds is 4. The van der Waals surface area contributed by atoms with Crippen molar-refractivity contribution in [1.82, 2.24) is 15.1 Å². The maximum atomic E-state index is 12.9. The minimum atomic E-state index is -0.712. The lowest BCUT2D eigenvalue weighted by Gasteiger charge is -2.30. The molecule has 26 heavy (non-hydrogen) atoms. The van der Waals surface area contributed by atoms with Gasteiger partial charge in [-0.15, -0.1) is 0 Å². The summed E-state index contributed by atoms with van der Waals surface area (Å²) in [4.78, 5) is 40.6. The molecule has 4 rings (SSSR count). The molecule has 3 aliphatic rings. The van der Waals surface area contributed by atoms with Crippen molar-refractivity contribution in [3.8, 4) is 0 Å². The van der Waals surface area contributed by atoms with Crippen LogP contribution in [0.1, 0.15) is 30.8 Å². The number of thioether (sulfide) groups is 1. The Morgan fingerprint density at radius 3 is 2.73 bits per heavy atom. The van der Waals surface area contributed by atoms with E-state index >= 15 is 0 Å². The highest BCUT2D eigenvalue weighted by Crippen LogP contribution is 2.33. The van der Waals surface area contributed by atoms with Crippen LogP contribution in [0.25, 0.3) is 0 Å².